The second-order valence-corrected chi connectivity index (χ2v) is 5.42. The molecule has 0 spiro atoms. The molecule has 2 atom stereocenters. The fourth-order valence-corrected chi connectivity index (χ4v) is 2.23. The average molecular weight is 213 g/mol. The van der Waals surface area contributed by atoms with Crippen molar-refractivity contribution >= 4 is 0 Å². The molecular formula is C13H27NO. The number of aliphatic hydroxyl groups is 1. The van der Waals surface area contributed by atoms with Gasteiger partial charge in [-0.2, -0.15) is 0 Å². The molecule has 1 fully saturated rings. The molecule has 2 N–H and O–H groups in total. The molecule has 0 aliphatic heterocycles. The summed E-state index contributed by atoms with van der Waals surface area (Å²) >= 11 is 0. The third kappa shape index (κ3) is 5.53. The summed E-state index contributed by atoms with van der Waals surface area (Å²) in [7, 11) is 0. The van der Waals surface area contributed by atoms with Crippen LogP contribution in [0.25, 0.3) is 0 Å². The number of hydrogen-bond donors (Lipinski definition) is 2. The van der Waals surface area contributed by atoms with Crippen molar-refractivity contribution in [1.29, 1.82) is 0 Å². The van der Waals surface area contributed by atoms with Crippen LogP contribution in [0.3, 0.4) is 0 Å². The molecule has 0 aromatic rings. The number of rotatable bonds is 8. The Morgan fingerprint density at radius 3 is 2.47 bits per heavy atom. The molecule has 0 radical (unpaired) electrons. The fourth-order valence-electron chi connectivity index (χ4n) is 2.23. The first-order valence-electron chi connectivity index (χ1n) is 6.55. The van der Waals surface area contributed by atoms with E-state index in [0.29, 0.717) is 12.0 Å². The highest BCUT2D eigenvalue weighted by Gasteiger charge is 2.30. The molecule has 2 unspecified atom stereocenters. The molecule has 2 nitrogen and oxygen atoms in total. The summed E-state index contributed by atoms with van der Waals surface area (Å²) < 4.78 is 0. The van der Waals surface area contributed by atoms with E-state index in [1.807, 2.05) is 0 Å². The van der Waals surface area contributed by atoms with Crippen molar-refractivity contribution in [3.63, 3.8) is 0 Å². The zero-order valence-corrected chi connectivity index (χ0v) is 10.5. The molecule has 0 aromatic carbocycles. The highest BCUT2D eigenvalue weighted by atomic mass is 16.3. The molecule has 0 heterocycles. The van der Waals surface area contributed by atoms with Crippen molar-refractivity contribution in [3.05, 3.63) is 0 Å². The van der Waals surface area contributed by atoms with Crippen LogP contribution in [0.1, 0.15) is 52.9 Å². The molecule has 1 rings (SSSR count). The third-order valence-corrected chi connectivity index (χ3v) is 3.15. The topological polar surface area (TPSA) is 32.3 Å². The van der Waals surface area contributed by atoms with Gasteiger partial charge in [-0.05, 0) is 37.5 Å². The van der Waals surface area contributed by atoms with E-state index >= 15 is 0 Å². The van der Waals surface area contributed by atoms with Crippen LogP contribution >= 0.6 is 0 Å². The van der Waals surface area contributed by atoms with Crippen molar-refractivity contribution in [2.24, 2.45) is 11.8 Å². The minimum absolute atomic E-state index is 0.164. The van der Waals surface area contributed by atoms with Gasteiger partial charge in [-0.3, -0.25) is 0 Å². The molecule has 0 amide bonds. The van der Waals surface area contributed by atoms with Gasteiger partial charge in [0.05, 0.1) is 6.10 Å². The Kier molecular flexibility index (Phi) is 5.62. The van der Waals surface area contributed by atoms with Gasteiger partial charge in [-0.15, -0.1) is 0 Å². The summed E-state index contributed by atoms with van der Waals surface area (Å²) in [5.74, 6) is 1.49. The van der Waals surface area contributed by atoms with Gasteiger partial charge in [-0.1, -0.05) is 27.2 Å². The van der Waals surface area contributed by atoms with Crippen molar-refractivity contribution in [3.8, 4) is 0 Å². The van der Waals surface area contributed by atoms with Gasteiger partial charge in [-0.25, -0.2) is 0 Å². The summed E-state index contributed by atoms with van der Waals surface area (Å²) in [5, 5.41) is 13.3. The summed E-state index contributed by atoms with van der Waals surface area (Å²) in [6.07, 6.45) is 6.03. The lowest BCUT2D eigenvalue weighted by molar-refractivity contribution is 0.140. The first-order chi connectivity index (χ1) is 7.13. The largest absolute Gasteiger partial charge is 0.392 e. The molecule has 2 heteroatoms. The number of hydrogen-bond acceptors (Lipinski definition) is 2. The van der Waals surface area contributed by atoms with E-state index in [1.165, 1.54) is 25.7 Å². The van der Waals surface area contributed by atoms with Gasteiger partial charge in [0.25, 0.3) is 0 Å². The Hall–Kier alpha value is -0.0800. The van der Waals surface area contributed by atoms with Crippen LogP contribution in [-0.4, -0.2) is 23.8 Å². The van der Waals surface area contributed by atoms with Gasteiger partial charge in [0.15, 0.2) is 0 Å². The Morgan fingerprint density at radius 2 is 2.00 bits per heavy atom. The monoisotopic (exact) mass is 213 g/mol. The average Bonchev–Trinajstić information content (AvgIpc) is 2.94. The van der Waals surface area contributed by atoms with E-state index < -0.39 is 0 Å². The molecule has 1 aliphatic rings. The van der Waals surface area contributed by atoms with Crippen LogP contribution in [0.2, 0.25) is 0 Å². The van der Waals surface area contributed by atoms with Crippen LogP contribution < -0.4 is 5.32 Å². The molecule has 0 bridgehead atoms. The zero-order valence-electron chi connectivity index (χ0n) is 10.5. The van der Waals surface area contributed by atoms with Crippen molar-refractivity contribution in [2.75, 3.05) is 6.54 Å². The van der Waals surface area contributed by atoms with Crippen LogP contribution in [0.15, 0.2) is 0 Å². The lowest BCUT2D eigenvalue weighted by Gasteiger charge is -2.20. The molecule has 1 aliphatic carbocycles. The quantitative estimate of drug-likeness (QED) is 0.649. The SMILES string of the molecule is CCCC(NCC(O)CC(C)C)C1CC1. The standard InChI is InChI=1S/C13H27NO/c1-4-5-13(11-6-7-11)14-9-12(15)8-10(2)3/h10-15H,4-9H2,1-3H3. The van der Waals surface area contributed by atoms with Crippen molar-refractivity contribution < 1.29 is 5.11 Å². The zero-order chi connectivity index (χ0) is 11.3. The minimum Gasteiger partial charge on any atom is -0.392 e. The predicted octanol–water partition coefficient (Wildman–Crippen LogP) is 2.56. The predicted molar refractivity (Wildman–Crippen MR) is 64.9 cm³/mol. The van der Waals surface area contributed by atoms with E-state index in [0.717, 1.165) is 18.9 Å². The molecule has 1 saturated carbocycles. The van der Waals surface area contributed by atoms with E-state index in [-0.39, 0.29) is 6.10 Å². The maximum Gasteiger partial charge on any atom is 0.0667 e. The van der Waals surface area contributed by atoms with Gasteiger partial charge in [0.1, 0.15) is 0 Å². The lowest BCUT2D eigenvalue weighted by atomic mass is 10.0. The van der Waals surface area contributed by atoms with Gasteiger partial charge >= 0.3 is 0 Å². The maximum absolute atomic E-state index is 9.78. The maximum atomic E-state index is 9.78. The summed E-state index contributed by atoms with van der Waals surface area (Å²) in [6, 6.07) is 0.664. The fraction of sp³-hybridized carbons (Fsp3) is 1.00. The molecule has 0 aromatic heterocycles. The van der Waals surface area contributed by atoms with Crippen LogP contribution in [0.5, 0.6) is 0 Å². The number of nitrogens with one attached hydrogen (secondary N) is 1. The first-order valence-corrected chi connectivity index (χ1v) is 6.55. The molecule has 15 heavy (non-hydrogen) atoms. The van der Waals surface area contributed by atoms with E-state index in [1.54, 1.807) is 0 Å². The van der Waals surface area contributed by atoms with Gasteiger partial charge in [0.2, 0.25) is 0 Å². The minimum atomic E-state index is -0.164. The van der Waals surface area contributed by atoms with Gasteiger partial charge < -0.3 is 10.4 Å². The summed E-state index contributed by atoms with van der Waals surface area (Å²) in [4.78, 5) is 0. The third-order valence-electron chi connectivity index (χ3n) is 3.15. The second-order valence-electron chi connectivity index (χ2n) is 5.42. The highest BCUT2D eigenvalue weighted by Crippen LogP contribution is 2.34. The summed E-state index contributed by atoms with van der Waals surface area (Å²) in [5.41, 5.74) is 0. The first kappa shape index (κ1) is 13.0. The smallest absolute Gasteiger partial charge is 0.0667 e. The van der Waals surface area contributed by atoms with Crippen molar-refractivity contribution in [1.82, 2.24) is 5.32 Å². The Labute approximate surface area is 94.5 Å². The molecule has 90 valence electrons. The van der Waals surface area contributed by atoms with E-state index in [4.69, 9.17) is 0 Å². The number of aliphatic hydroxyl groups excluding tert-OH is 1. The molecular weight excluding hydrogens is 186 g/mol. The van der Waals surface area contributed by atoms with Crippen LogP contribution in [0, 0.1) is 11.8 Å². The van der Waals surface area contributed by atoms with E-state index in [2.05, 4.69) is 26.1 Å². The Morgan fingerprint density at radius 1 is 1.33 bits per heavy atom. The van der Waals surface area contributed by atoms with E-state index in [9.17, 15) is 5.11 Å². The van der Waals surface area contributed by atoms with Crippen LogP contribution in [-0.2, 0) is 0 Å². The normalized spacial score (nSPS) is 20.6. The lowest BCUT2D eigenvalue weighted by Crippen LogP contribution is -2.37. The molecule has 0 saturated heterocycles. The summed E-state index contributed by atoms with van der Waals surface area (Å²) in [6.45, 7) is 7.34. The highest BCUT2D eigenvalue weighted by molar-refractivity contribution is 4.86. The Balaban J connectivity index is 2.14. The second kappa shape index (κ2) is 6.49. The van der Waals surface area contributed by atoms with Gasteiger partial charge in [0, 0.05) is 12.6 Å². The Bertz CT molecular complexity index is 166. The van der Waals surface area contributed by atoms with Crippen molar-refractivity contribution in [2.45, 2.75) is 65.0 Å². The van der Waals surface area contributed by atoms with Crippen LogP contribution in [0.4, 0.5) is 0 Å².